The van der Waals surface area contributed by atoms with Crippen molar-refractivity contribution < 1.29 is 14.3 Å². The van der Waals surface area contributed by atoms with Crippen LogP contribution in [0.3, 0.4) is 0 Å². The van der Waals surface area contributed by atoms with Crippen LogP contribution in [0.1, 0.15) is 57.6 Å². The summed E-state index contributed by atoms with van der Waals surface area (Å²) in [6.45, 7) is 9.49. The van der Waals surface area contributed by atoms with E-state index in [0.29, 0.717) is 0 Å². The summed E-state index contributed by atoms with van der Waals surface area (Å²) in [6.07, 6.45) is 3.28. The van der Waals surface area contributed by atoms with E-state index in [4.69, 9.17) is 4.74 Å². The van der Waals surface area contributed by atoms with E-state index in [1.54, 1.807) is 0 Å². The number of amides is 3. The predicted octanol–water partition coefficient (Wildman–Crippen LogP) is 4.26. The van der Waals surface area contributed by atoms with Crippen LogP contribution in [0.5, 0.6) is 0 Å². The smallest absolute Gasteiger partial charge is 0.407 e. The molecule has 1 fully saturated rings. The van der Waals surface area contributed by atoms with Gasteiger partial charge in [-0.3, -0.25) is 0 Å². The minimum Gasteiger partial charge on any atom is -0.444 e. The molecule has 1 aromatic rings. The van der Waals surface area contributed by atoms with E-state index in [2.05, 4.69) is 16.0 Å². The maximum absolute atomic E-state index is 12.4. The van der Waals surface area contributed by atoms with E-state index in [9.17, 15) is 9.59 Å². The Labute approximate surface area is 156 Å². The number of benzene rings is 1. The average Bonchev–Trinajstić information content (AvgIpc) is 2.50. The Kier molecular flexibility index (Phi) is 6.51. The number of hydrogen-bond acceptors (Lipinski definition) is 3. The second-order valence-corrected chi connectivity index (χ2v) is 8.06. The molecule has 0 bridgehead atoms. The lowest BCUT2D eigenvalue weighted by Crippen LogP contribution is -2.54. The molecule has 3 amide bonds. The zero-order valence-corrected chi connectivity index (χ0v) is 16.4. The molecule has 0 heterocycles. The van der Waals surface area contributed by atoms with Crippen molar-refractivity contribution in [3.8, 4) is 0 Å². The first-order chi connectivity index (χ1) is 12.1. The van der Waals surface area contributed by atoms with Crippen LogP contribution in [0.25, 0.3) is 0 Å². The number of alkyl carbamates (subject to hydrolysis) is 1. The van der Waals surface area contributed by atoms with Crippen molar-refractivity contribution >= 4 is 17.8 Å². The highest BCUT2D eigenvalue weighted by Gasteiger charge is 2.29. The van der Waals surface area contributed by atoms with E-state index in [-0.39, 0.29) is 18.1 Å². The summed E-state index contributed by atoms with van der Waals surface area (Å²) < 4.78 is 5.34. The van der Waals surface area contributed by atoms with Crippen LogP contribution in [-0.2, 0) is 4.74 Å². The number of carbonyl (C=O) groups excluding carboxylic acids is 2. The lowest BCUT2D eigenvalue weighted by Gasteiger charge is -2.33. The third-order valence-corrected chi connectivity index (χ3v) is 4.41. The number of carbonyl (C=O) groups is 2. The van der Waals surface area contributed by atoms with Gasteiger partial charge in [0.2, 0.25) is 0 Å². The lowest BCUT2D eigenvalue weighted by molar-refractivity contribution is 0.0481. The van der Waals surface area contributed by atoms with E-state index < -0.39 is 11.7 Å². The van der Waals surface area contributed by atoms with E-state index in [0.717, 1.165) is 42.5 Å². The van der Waals surface area contributed by atoms with Crippen LogP contribution in [0.4, 0.5) is 15.3 Å². The fourth-order valence-corrected chi connectivity index (χ4v) is 3.22. The number of anilines is 1. The summed E-state index contributed by atoms with van der Waals surface area (Å²) in [5.74, 6) is 0. The van der Waals surface area contributed by atoms with Gasteiger partial charge in [-0.05, 0) is 59.1 Å². The number of hydrogen-bond donors (Lipinski definition) is 3. The highest BCUT2D eigenvalue weighted by atomic mass is 16.6. The minimum atomic E-state index is -0.540. The molecule has 1 aliphatic carbocycles. The van der Waals surface area contributed by atoms with Crippen LogP contribution in [-0.4, -0.2) is 29.8 Å². The Morgan fingerprint density at radius 1 is 1.04 bits per heavy atom. The van der Waals surface area contributed by atoms with Crippen molar-refractivity contribution in [2.75, 3.05) is 5.32 Å². The molecule has 144 valence electrons. The monoisotopic (exact) mass is 361 g/mol. The van der Waals surface area contributed by atoms with Crippen molar-refractivity contribution in [2.45, 2.75) is 78.0 Å². The van der Waals surface area contributed by atoms with Gasteiger partial charge >= 0.3 is 12.1 Å². The molecule has 0 aromatic heterocycles. The molecule has 6 nitrogen and oxygen atoms in total. The fourth-order valence-electron chi connectivity index (χ4n) is 3.22. The first-order valence-corrected chi connectivity index (χ1v) is 9.28. The Morgan fingerprint density at radius 2 is 1.65 bits per heavy atom. The highest BCUT2D eigenvalue weighted by molar-refractivity contribution is 5.90. The van der Waals surface area contributed by atoms with Crippen molar-refractivity contribution in [1.82, 2.24) is 10.6 Å². The standard InChI is InChI=1S/C20H31N3O3/c1-13-10-11-15(14(2)12-13)21-18(24)22-16-8-6-7-9-17(16)23-19(25)26-20(3,4)5/h10-12,16-17H,6-9H2,1-5H3,(H,23,25)(H2,21,22,24)/t16-,17-/m1/s1. The maximum Gasteiger partial charge on any atom is 0.407 e. The summed E-state index contributed by atoms with van der Waals surface area (Å²) in [5, 5.41) is 8.82. The second-order valence-electron chi connectivity index (χ2n) is 8.06. The maximum atomic E-state index is 12.4. The largest absolute Gasteiger partial charge is 0.444 e. The summed E-state index contributed by atoms with van der Waals surface area (Å²) in [6, 6.07) is 5.42. The molecule has 1 saturated carbocycles. The summed E-state index contributed by atoms with van der Waals surface area (Å²) in [4.78, 5) is 24.5. The van der Waals surface area contributed by atoms with Gasteiger partial charge in [-0.2, -0.15) is 0 Å². The van der Waals surface area contributed by atoms with Crippen LogP contribution >= 0.6 is 0 Å². The SMILES string of the molecule is Cc1ccc(NC(=O)N[C@@H]2CCCC[C@H]2NC(=O)OC(C)(C)C)c(C)c1. The van der Waals surface area contributed by atoms with E-state index >= 15 is 0 Å². The highest BCUT2D eigenvalue weighted by Crippen LogP contribution is 2.20. The van der Waals surface area contributed by atoms with Gasteiger partial charge in [0.25, 0.3) is 0 Å². The van der Waals surface area contributed by atoms with Gasteiger partial charge in [0.05, 0.1) is 12.1 Å². The van der Waals surface area contributed by atoms with Crippen LogP contribution in [0, 0.1) is 13.8 Å². The molecule has 1 aliphatic rings. The Morgan fingerprint density at radius 3 is 2.23 bits per heavy atom. The summed E-state index contributed by atoms with van der Waals surface area (Å²) in [5.41, 5.74) is 2.43. The molecule has 0 spiro atoms. The number of urea groups is 1. The summed E-state index contributed by atoms with van der Waals surface area (Å²) >= 11 is 0. The zero-order chi connectivity index (χ0) is 19.3. The Bertz CT molecular complexity index is 652. The van der Waals surface area contributed by atoms with Crippen LogP contribution < -0.4 is 16.0 Å². The average molecular weight is 361 g/mol. The van der Waals surface area contributed by atoms with Gasteiger partial charge in [-0.25, -0.2) is 9.59 Å². The van der Waals surface area contributed by atoms with Crippen molar-refractivity contribution in [2.24, 2.45) is 0 Å². The zero-order valence-electron chi connectivity index (χ0n) is 16.4. The second kappa shape index (κ2) is 8.43. The fraction of sp³-hybridized carbons (Fsp3) is 0.600. The molecule has 26 heavy (non-hydrogen) atoms. The molecule has 0 radical (unpaired) electrons. The quantitative estimate of drug-likeness (QED) is 0.752. The lowest BCUT2D eigenvalue weighted by atomic mass is 9.90. The third-order valence-electron chi connectivity index (χ3n) is 4.41. The number of aryl methyl sites for hydroxylation is 2. The first-order valence-electron chi connectivity index (χ1n) is 9.28. The molecule has 0 saturated heterocycles. The van der Waals surface area contributed by atoms with E-state index in [1.807, 2.05) is 52.8 Å². The predicted molar refractivity (Wildman–Crippen MR) is 103 cm³/mol. The van der Waals surface area contributed by atoms with Crippen molar-refractivity contribution in [3.05, 3.63) is 29.3 Å². The van der Waals surface area contributed by atoms with Crippen LogP contribution in [0.15, 0.2) is 18.2 Å². The normalized spacial score (nSPS) is 20.2. The van der Waals surface area contributed by atoms with Crippen molar-refractivity contribution in [1.29, 1.82) is 0 Å². The molecule has 6 heteroatoms. The molecule has 2 atom stereocenters. The molecule has 0 unspecified atom stereocenters. The van der Waals surface area contributed by atoms with Gasteiger partial charge < -0.3 is 20.7 Å². The van der Waals surface area contributed by atoms with Crippen LogP contribution in [0.2, 0.25) is 0 Å². The summed E-state index contributed by atoms with van der Waals surface area (Å²) in [7, 11) is 0. The Hall–Kier alpha value is -2.24. The number of rotatable bonds is 3. The van der Waals surface area contributed by atoms with Gasteiger partial charge in [-0.15, -0.1) is 0 Å². The topological polar surface area (TPSA) is 79.5 Å². The molecular weight excluding hydrogens is 330 g/mol. The number of ether oxygens (including phenoxy) is 1. The van der Waals surface area contributed by atoms with Gasteiger partial charge in [0.15, 0.2) is 0 Å². The van der Waals surface area contributed by atoms with Gasteiger partial charge in [-0.1, -0.05) is 30.5 Å². The van der Waals surface area contributed by atoms with Gasteiger partial charge in [0, 0.05) is 5.69 Å². The molecule has 1 aromatic carbocycles. The molecule has 2 rings (SSSR count). The number of nitrogens with one attached hydrogen (secondary N) is 3. The minimum absolute atomic E-state index is 0.109. The van der Waals surface area contributed by atoms with Gasteiger partial charge in [0.1, 0.15) is 5.60 Å². The molecule has 0 aliphatic heterocycles. The van der Waals surface area contributed by atoms with E-state index in [1.165, 1.54) is 0 Å². The molecule has 3 N–H and O–H groups in total. The Balaban J connectivity index is 1.94. The van der Waals surface area contributed by atoms with Crippen molar-refractivity contribution in [3.63, 3.8) is 0 Å². The first kappa shape index (κ1) is 20.1. The molecular formula is C20H31N3O3. The third kappa shape index (κ3) is 6.24.